The zero-order chi connectivity index (χ0) is 19.1. The molecule has 1 fully saturated rings. The molecule has 1 atom stereocenters. The molecule has 1 heterocycles. The normalized spacial score (nSPS) is 17.0. The molecular formula is C23H22O4. The zero-order valence-corrected chi connectivity index (χ0v) is 15.5. The summed E-state index contributed by atoms with van der Waals surface area (Å²) in [5.41, 5.74) is 4.39. The van der Waals surface area contributed by atoms with Crippen LogP contribution in [0.4, 0.5) is 0 Å². The molecule has 0 amide bonds. The highest BCUT2D eigenvalue weighted by Crippen LogP contribution is 2.33. The minimum absolute atomic E-state index is 0.0734. The number of fused-ring (bicyclic) bond motifs is 1. The van der Waals surface area contributed by atoms with Gasteiger partial charge in [-0.1, -0.05) is 18.2 Å². The highest BCUT2D eigenvalue weighted by atomic mass is 16.3. The predicted molar refractivity (Wildman–Crippen MR) is 105 cm³/mol. The van der Waals surface area contributed by atoms with Crippen LogP contribution in [0.5, 0.6) is 5.75 Å². The van der Waals surface area contributed by atoms with E-state index in [1.165, 1.54) is 12.3 Å². The van der Waals surface area contributed by atoms with Crippen LogP contribution in [0.2, 0.25) is 0 Å². The minimum atomic E-state index is -0.126. The number of aryl methyl sites for hydroxylation is 2. The molecule has 4 rings (SSSR count). The maximum atomic E-state index is 13.1. The summed E-state index contributed by atoms with van der Waals surface area (Å²) in [6, 6.07) is 9.01. The Balaban J connectivity index is 1.84. The van der Waals surface area contributed by atoms with E-state index in [1.54, 1.807) is 6.07 Å². The Kier molecular flexibility index (Phi) is 4.34. The molecule has 1 saturated carbocycles. The Morgan fingerprint density at radius 1 is 1.11 bits per heavy atom. The molecule has 0 aliphatic heterocycles. The molecule has 1 aromatic heterocycles. The lowest BCUT2D eigenvalue weighted by atomic mass is 9.94. The lowest BCUT2D eigenvalue weighted by Gasteiger charge is -2.12. The Morgan fingerprint density at radius 3 is 2.63 bits per heavy atom. The zero-order valence-electron chi connectivity index (χ0n) is 15.5. The third kappa shape index (κ3) is 3.05. The second-order valence-electron chi connectivity index (χ2n) is 7.48. The molecule has 0 radical (unpaired) electrons. The van der Waals surface area contributed by atoms with Crippen molar-refractivity contribution in [2.75, 3.05) is 0 Å². The number of Topliss-reactive ketones (excluding diaryl/α,β-unsaturated/α-hetero) is 1. The van der Waals surface area contributed by atoms with E-state index >= 15 is 0 Å². The van der Waals surface area contributed by atoms with Gasteiger partial charge in [0.05, 0.1) is 10.9 Å². The number of rotatable bonds is 3. The number of phenols is 1. The van der Waals surface area contributed by atoms with Crippen molar-refractivity contribution in [2.45, 2.75) is 39.5 Å². The smallest absolute Gasteiger partial charge is 0.200 e. The molecule has 138 valence electrons. The Hall–Kier alpha value is -2.88. The van der Waals surface area contributed by atoms with Crippen molar-refractivity contribution in [1.82, 2.24) is 0 Å². The van der Waals surface area contributed by atoms with E-state index in [2.05, 4.69) is 0 Å². The van der Waals surface area contributed by atoms with Crippen LogP contribution in [-0.2, 0) is 11.2 Å². The van der Waals surface area contributed by atoms with Crippen molar-refractivity contribution in [1.29, 1.82) is 0 Å². The van der Waals surface area contributed by atoms with Crippen LogP contribution >= 0.6 is 0 Å². The quantitative estimate of drug-likeness (QED) is 0.734. The largest absolute Gasteiger partial charge is 0.508 e. The number of carbonyl (C=O) groups is 1. The van der Waals surface area contributed by atoms with Crippen molar-refractivity contribution in [2.24, 2.45) is 5.92 Å². The number of hydrogen-bond donors (Lipinski definition) is 1. The minimum Gasteiger partial charge on any atom is -0.508 e. The van der Waals surface area contributed by atoms with Gasteiger partial charge in [0.25, 0.3) is 0 Å². The predicted octanol–water partition coefficient (Wildman–Crippen LogP) is 4.69. The highest BCUT2D eigenvalue weighted by Gasteiger charge is 2.27. The van der Waals surface area contributed by atoms with Gasteiger partial charge < -0.3 is 9.52 Å². The average Bonchev–Trinajstić information content (AvgIpc) is 3.05. The molecule has 2 aromatic carbocycles. The van der Waals surface area contributed by atoms with Crippen molar-refractivity contribution in [3.63, 3.8) is 0 Å². The molecule has 4 nitrogen and oxygen atoms in total. The van der Waals surface area contributed by atoms with Crippen molar-refractivity contribution >= 4 is 16.8 Å². The summed E-state index contributed by atoms with van der Waals surface area (Å²) >= 11 is 0. The molecule has 27 heavy (non-hydrogen) atoms. The summed E-state index contributed by atoms with van der Waals surface area (Å²) in [7, 11) is 0. The molecule has 1 unspecified atom stereocenters. The lowest BCUT2D eigenvalue weighted by Crippen LogP contribution is -2.11. The number of phenolic OH excluding ortho intramolecular Hbond substituents is 1. The van der Waals surface area contributed by atoms with Crippen LogP contribution in [-0.4, -0.2) is 10.9 Å². The number of aromatic hydroxyl groups is 1. The van der Waals surface area contributed by atoms with Crippen LogP contribution in [0.3, 0.4) is 0 Å². The summed E-state index contributed by atoms with van der Waals surface area (Å²) in [5, 5.41) is 10.8. The van der Waals surface area contributed by atoms with Crippen LogP contribution in [0.25, 0.3) is 22.1 Å². The molecular weight excluding hydrogens is 340 g/mol. The van der Waals surface area contributed by atoms with Gasteiger partial charge in [-0.3, -0.25) is 9.59 Å². The topological polar surface area (TPSA) is 67.5 Å². The third-order valence-electron chi connectivity index (χ3n) is 5.72. The monoisotopic (exact) mass is 362 g/mol. The van der Waals surface area contributed by atoms with E-state index in [9.17, 15) is 14.7 Å². The second-order valence-corrected chi connectivity index (χ2v) is 7.48. The van der Waals surface area contributed by atoms with Gasteiger partial charge in [-0.2, -0.15) is 0 Å². The molecule has 1 N–H and O–H groups in total. The van der Waals surface area contributed by atoms with Crippen LogP contribution < -0.4 is 5.43 Å². The van der Waals surface area contributed by atoms with Gasteiger partial charge in [-0.15, -0.1) is 0 Å². The maximum absolute atomic E-state index is 13.1. The number of ketones is 1. The van der Waals surface area contributed by atoms with Gasteiger partial charge >= 0.3 is 0 Å². The first-order valence-corrected chi connectivity index (χ1v) is 9.32. The Labute approximate surface area is 157 Å². The highest BCUT2D eigenvalue weighted by molar-refractivity contribution is 5.87. The van der Waals surface area contributed by atoms with Gasteiger partial charge in [0.1, 0.15) is 23.4 Å². The lowest BCUT2D eigenvalue weighted by molar-refractivity contribution is -0.120. The fourth-order valence-corrected chi connectivity index (χ4v) is 3.90. The van der Waals surface area contributed by atoms with Crippen molar-refractivity contribution in [3.8, 4) is 16.9 Å². The van der Waals surface area contributed by atoms with Crippen LogP contribution in [0.15, 0.2) is 45.8 Å². The summed E-state index contributed by atoms with van der Waals surface area (Å²) in [4.78, 5) is 25.1. The van der Waals surface area contributed by atoms with E-state index in [0.717, 1.165) is 29.5 Å². The Morgan fingerprint density at radius 2 is 1.93 bits per heavy atom. The molecule has 1 aliphatic rings. The average molecular weight is 362 g/mol. The Bertz CT molecular complexity index is 1110. The van der Waals surface area contributed by atoms with E-state index in [0.29, 0.717) is 34.9 Å². The fraction of sp³-hybridized carbons (Fsp3) is 0.304. The molecule has 0 saturated heterocycles. The van der Waals surface area contributed by atoms with E-state index < -0.39 is 0 Å². The maximum Gasteiger partial charge on any atom is 0.200 e. The van der Waals surface area contributed by atoms with Gasteiger partial charge in [0, 0.05) is 17.9 Å². The van der Waals surface area contributed by atoms with E-state index in [1.807, 2.05) is 32.0 Å². The first-order valence-electron chi connectivity index (χ1n) is 9.32. The van der Waals surface area contributed by atoms with E-state index in [-0.39, 0.29) is 22.9 Å². The van der Waals surface area contributed by atoms with Gasteiger partial charge in [0.15, 0.2) is 0 Å². The standard InChI is InChI=1S/C23H22O4/c1-13-6-7-15(10-14(13)2)19-12-27-23-17(22(19)26)8-9-21(25)18(23)11-16-4-3-5-20(16)24/h6-10,12,16,25H,3-5,11H2,1-2H3. The summed E-state index contributed by atoms with van der Waals surface area (Å²) < 4.78 is 5.83. The van der Waals surface area contributed by atoms with E-state index in [4.69, 9.17) is 4.42 Å². The van der Waals surface area contributed by atoms with Crippen molar-refractivity contribution in [3.05, 3.63) is 63.5 Å². The number of benzene rings is 2. The van der Waals surface area contributed by atoms with Gasteiger partial charge in [-0.05, 0) is 61.9 Å². The third-order valence-corrected chi connectivity index (χ3v) is 5.72. The van der Waals surface area contributed by atoms with Gasteiger partial charge in [0.2, 0.25) is 5.43 Å². The number of hydrogen-bond acceptors (Lipinski definition) is 4. The fourth-order valence-electron chi connectivity index (χ4n) is 3.90. The molecule has 0 bridgehead atoms. The SMILES string of the molecule is Cc1ccc(-c2coc3c(CC4CCCC4=O)c(O)ccc3c2=O)cc1C. The van der Waals surface area contributed by atoms with Crippen LogP contribution in [0, 0.1) is 19.8 Å². The van der Waals surface area contributed by atoms with Crippen molar-refractivity contribution < 1.29 is 14.3 Å². The first kappa shape index (κ1) is 17.5. The summed E-state index contributed by atoms with van der Waals surface area (Å²) in [6.45, 7) is 4.04. The first-order chi connectivity index (χ1) is 13.0. The molecule has 3 aromatic rings. The molecule has 0 spiro atoms. The molecule has 4 heteroatoms. The van der Waals surface area contributed by atoms with Crippen LogP contribution in [0.1, 0.15) is 36.0 Å². The number of carbonyl (C=O) groups excluding carboxylic acids is 1. The second kappa shape index (κ2) is 6.69. The molecule has 1 aliphatic carbocycles. The van der Waals surface area contributed by atoms with Gasteiger partial charge in [-0.25, -0.2) is 0 Å². The summed E-state index contributed by atoms with van der Waals surface area (Å²) in [5.74, 6) is 0.191. The summed E-state index contributed by atoms with van der Waals surface area (Å²) in [6.07, 6.45) is 4.18.